The van der Waals surface area contributed by atoms with Gasteiger partial charge in [0.25, 0.3) is 5.39 Å². The molecule has 0 saturated heterocycles. The van der Waals surface area contributed by atoms with Gasteiger partial charge < -0.3 is 10.6 Å². The van der Waals surface area contributed by atoms with Crippen molar-refractivity contribution in [1.82, 2.24) is 0 Å². The zero-order chi connectivity index (χ0) is 13.0. The molecule has 0 fully saturated rings. The maximum absolute atomic E-state index is 11.2. The Morgan fingerprint density at radius 2 is 2.06 bits per heavy atom. The van der Waals surface area contributed by atoms with Crippen LogP contribution in [-0.2, 0) is 0 Å². The molecule has 0 atom stereocenters. The molecule has 17 heavy (non-hydrogen) atoms. The van der Waals surface area contributed by atoms with E-state index in [0.717, 1.165) is 0 Å². The molecule has 0 radical (unpaired) electrons. The van der Waals surface area contributed by atoms with Crippen molar-refractivity contribution in [2.24, 2.45) is 15.4 Å². The minimum atomic E-state index is -1.27. The lowest BCUT2D eigenvalue weighted by atomic mass is 10.2. The fraction of sp³-hybridized carbons (Fsp3) is 0. The van der Waals surface area contributed by atoms with Crippen molar-refractivity contribution in [3.05, 3.63) is 58.0 Å². The molecule has 0 aromatic heterocycles. The molecule has 0 saturated carbocycles. The van der Waals surface area contributed by atoms with E-state index in [9.17, 15) is 19.7 Å². The van der Waals surface area contributed by atoms with Gasteiger partial charge in [0.15, 0.2) is 5.10 Å². The fourth-order valence-corrected chi connectivity index (χ4v) is 1.02. The van der Waals surface area contributed by atoms with E-state index in [2.05, 4.69) is 20.5 Å². The zero-order valence-corrected chi connectivity index (χ0v) is 7.84. The largest absolute Gasteiger partial charge is 0.362 e. The molecule has 11 heteroatoms. The summed E-state index contributed by atoms with van der Waals surface area (Å²) in [5, 5.41) is 27.3. The molecule has 0 spiro atoms. The number of rotatable bonds is 2. The van der Waals surface area contributed by atoms with Gasteiger partial charge in [-0.05, 0) is 0 Å². The van der Waals surface area contributed by atoms with Gasteiger partial charge in [-0.1, -0.05) is 0 Å². The van der Waals surface area contributed by atoms with Gasteiger partial charge in [-0.2, -0.15) is 0 Å². The van der Waals surface area contributed by atoms with E-state index in [1.54, 1.807) is 0 Å². The lowest BCUT2D eigenvalue weighted by Gasteiger charge is -1.90. The molecule has 1 aromatic rings. The van der Waals surface area contributed by atoms with Gasteiger partial charge in [-0.15, -0.1) is 0 Å². The molecule has 0 unspecified atom stereocenters. The first kappa shape index (κ1) is 11.9. The highest BCUT2D eigenvalue weighted by molar-refractivity contribution is 5.28. The van der Waals surface area contributed by atoms with Crippen LogP contribution < -0.4 is 21.6 Å². The molecule has 1 aromatic carbocycles. The van der Waals surface area contributed by atoms with Gasteiger partial charge in [0.2, 0.25) is 16.2 Å². The highest BCUT2D eigenvalue weighted by atomic mass is 16.6. The second kappa shape index (κ2) is 4.57. The van der Waals surface area contributed by atoms with Crippen LogP contribution in [0.2, 0.25) is 0 Å². The van der Waals surface area contributed by atoms with Crippen LogP contribution in [0.4, 0.5) is 5.69 Å². The molecular weight excluding hydrogens is 234 g/mol. The van der Waals surface area contributed by atoms with Gasteiger partial charge in [0, 0.05) is 0 Å². The normalized spacial score (nSPS) is 12.2. The maximum Gasteiger partial charge on any atom is 0.339 e. The standard InChI is InChI=1S/C6HN7O4/c7-11-9-4-2(13(16)17)1-3(14)6(15)5(4)10-12-8/h1H. The molecule has 0 aliphatic carbocycles. The van der Waals surface area contributed by atoms with Gasteiger partial charge >= 0.3 is 10.8 Å². The molecule has 0 amide bonds. The summed E-state index contributed by atoms with van der Waals surface area (Å²) in [7, 11) is 0. The van der Waals surface area contributed by atoms with Crippen LogP contribution in [0.5, 0.6) is 0 Å². The first-order valence-electron chi connectivity index (χ1n) is 3.82. The van der Waals surface area contributed by atoms with Crippen LogP contribution in [0.3, 0.4) is 0 Å². The summed E-state index contributed by atoms with van der Waals surface area (Å²) < 4.78 is 0. The first-order valence-corrected chi connectivity index (χ1v) is 3.82. The number of nitro groups is 1. The quantitative estimate of drug-likeness (QED) is 0.204. The minimum Gasteiger partial charge on any atom is -0.362 e. The smallest absolute Gasteiger partial charge is 0.339 e. The predicted molar refractivity (Wildman–Crippen MR) is 50.0 cm³/mol. The van der Waals surface area contributed by atoms with Gasteiger partial charge in [0.05, 0.1) is 16.3 Å². The molecule has 11 nitrogen and oxygen atoms in total. The monoisotopic (exact) mass is 235 g/mol. The van der Waals surface area contributed by atoms with E-state index in [4.69, 9.17) is 10.9 Å². The summed E-state index contributed by atoms with van der Waals surface area (Å²) >= 11 is 0. The van der Waals surface area contributed by atoms with E-state index in [-0.39, 0.29) is 0 Å². The van der Waals surface area contributed by atoms with Crippen LogP contribution in [-0.4, -0.2) is 4.92 Å². The van der Waals surface area contributed by atoms with Crippen molar-refractivity contribution in [2.45, 2.75) is 0 Å². The Labute approximate surface area is 90.3 Å². The van der Waals surface area contributed by atoms with Crippen molar-refractivity contribution in [3.63, 3.8) is 0 Å². The average Bonchev–Trinajstić information content (AvgIpc) is 2.28. The third-order valence-electron chi connectivity index (χ3n) is 1.66. The molecule has 0 N–H and O–H groups in total. The SMILES string of the molecule is N#[N+]N=c1c([N+](=O)[O-])cc(=O)c(=O)c1=NN=[N-]. The van der Waals surface area contributed by atoms with Crippen molar-refractivity contribution in [1.29, 1.82) is 5.39 Å². The average molecular weight is 235 g/mol. The Morgan fingerprint density at radius 1 is 1.41 bits per heavy atom. The van der Waals surface area contributed by atoms with E-state index in [1.807, 2.05) is 0 Å². The molecule has 0 heterocycles. The minimum absolute atomic E-state index is 0.405. The van der Waals surface area contributed by atoms with Crippen LogP contribution >= 0.6 is 0 Å². The van der Waals surface area contributed by atoms with Crippen LogP contribution in [0.25, 0.3) is 10.6 Å². The number of non-ortho nitro benzene ring substituents is 1. The van der Waals surface area contributed by atoms with E-state index in [0.29, 0.717) is 6.07 Å². The lowest BCUT2D eigenvalue weighted by molar-refractivity contribution is -0.386. The van der Waals surface area contributed by atoms with E-state index in [1.165, 1.54) is 0 Å². The Morgan fingerprint density at radius 3 is 2.53 bits per heavy atom. The Balaban J connectivity index is 4.16. The summed E-state index contributed by atoms with van der Waals surface area (Å²) in [5.74, 6) is 0. The Hall–Kier alpha value is -3.16. The van der Waals surface area contributed by atoms with Crippen molar-refractivity contribution < 1.29 is 4.92 Å². The van der Waals surface area contributed by atoms with Crippen LogP contribution in [0.15, 0.2) is 31.1 Å². The topological polar surface area (TPSA) is 165 Å². The fourth-order valence-electron chi connectivity index (χ4n) is 1.02. The summed E-state index contributed by atoms with van der Waals surface area (Å²) in [4.78, 5) is 31.8. The highest BCUT2D eigenvalue weighted by Gasteiger charge is 2.17. The van der Waals surface area contributed by atoms with Gasteiger partial charge in [-0.3, -0.25) is 24.9 Å². The first-order chi connectivity index (χ1) is 8.02. The van der Waals surface area contributed by atoms with Crippen molar-refractivity contribution >= 4 is 5.69 Å². The predicted octanol–water partition coefficient (Wildman–Crippen LogP) is -1.30. The molecular formula is C6HN7O4. The van der Waals surface area contributed by atoms with E-state index < -0.39 is 32.2 Å². The number of hydrogen-bond acceptors (Lipinski definition) is 7. The van der Waals surface area contributed by atoms with Crippen molar-refractivity contribution in [2.75, 3.05) is 0 Å². The Kier molecular flexibility index (Phi) is 3.20. The summed E-state index contributed by atoms with van der Waals surface area (Å²) in [5.41, 5.74) is 4.78. The summed E-state index contributed by atoms with van der Waals surface area (Å²) in [6.45, 7) is 0. The van der Waals surface area contributed by atoms with Crippen LogP contribution in [0.1, 0.15) is 0 Å². The number of nitro benzene ring substituents is 1. The second-order valence-electron chi connectivity index (χ2n) is 2.56. The molecule has 0 aliphatic heterocycles. The zero-order valence-electron chi connectivity index (χ0n) is 7.84. The number of hydrogen-bond donors (Lipinski definition) is 0. The number of nitrogens with zero attached hydrogens (tertiary/aromatic N) is 7. The van der Waals surface area contributed by atoms with Gasteiger partial charge in [0.1, 0.15) is 0 Å². The molecule has 0 bridgehead atoms. The third kappa shape index (κ3) is 2.09. The third-order valence-corrected chi connectivity index (χ3v) is 1.66. The number of diazo groups is 1. The number of benzene rings is 1. The molecule has 1 rings (SSSR count). The second-order valence-corrected chi connectivity index (χ2v) is 2.56. The summed E-state index contributed by atoms with van der Waals surface area (Å²) in [6.07, 6.45) is 0. The maximum atomic E-state index is 11.2. The molecule has 84 valence electrons. The Bertz CT molecular complexity index is 749. The van der Waals surface area contributed by atoms with Crippen molar-refractivity contribution in [3.8, 4) is 0 Å². The lowest BCUT2D eigenvalue weighted by Crippen LogP contribution is -2.48. The van der Waals surface area contributed by atoms with Gasteiger partial charge in [-0.25, -0.2) is 0 Å². The highest BCUT2D eigenvalue weighted by Crippen LogP contribution is 1.95. The molecule has 0 aliphatic rings. The van der Waals surface area contributed by atoms with Crippen LogP contribution in [0, 0.1) is 15.5 Å². The van der Waals surface area contributed by atoms with E-state index >= 15 is 0 Å². The summed E-state index contributed by atoms with van der Waals surface area (Å²) in [6, 6.07) is 0.405.